The molecule has 3 aromatic carbocycles. The third-order valence-corrected chi connectivity index (χ3v) is 8.47. The number of hydrogen-bond donors (Lipinski definition) is 1. The lowest BCUT2D eigenvalue weighted by Gasteiger charge is -2.12. The largest absolute Gasteiger partial charge is 0.486 e. The van der Waals surface area contributed by atoms with Crippen LogP contribution in [-0.2, 0) is 11.4 Å². The minimum absolute atomic E-state index is 0.194. The van der Waals surface area contributed by atoms with Crippen molar-refractivity contribution < 1.29 is 9.53 Å². The molecule has 1 aliphatic rings. The Kier molecular flexibility index (Phi) is 8.17. The van der Waals surface area contributed by atoms with Gasteiger partial charge in [-0.25, -0.2) is 4.99 Å². The van der Waals surface area contributed by atoms with Gasteiger partial charge in [-0.05, 0) is 111 Å². The van der Waals surface area contributed by atoms with Crippen molar-refractivity contribution in [2.75, 3.05) is 0 Å². The molecule has 5 nitrogen and oxygen atoms in total. The van der Waals surface area contributed by atoms with Crippen molar-refractivity contribution >= 4 is 82.4 Å². The molecule has 1 fully saturated rings. The Morgan fingerprint density at radius 3 is 2.40 bits per heavy atom. The number of hydrogen-bond acceptors (Lipinski definition) is 5. The van der Waals surface area contributed by atoms with Crippen LogP contribution in [0.15, 0.2) is 71.8 Å². The molecule has 1 heterocycles. The van der Waals surface area contributed by atoms with Gasteiger partial charge in [0, 0.05) is 10.0 Å². The van der Waals surface area contributed by atoms with Crippen LogP contribution in [0.25, 0.3) is 6.08 Å². The van der Waals surface area contributed by atoms with Gasteiger partial charge in [0.2, 0.25) is 0 Å². The lowest BCUT2D eigenvalue weighted by Crippen LogP contribution is -2.19. The third-order valence-electron chi connectivity index (χ3n) is 5.13. The highest BCUT2D eigenvalue weighted by atomic mass is 79.9. The molecule has 35 heavy (non-hydrogen) atoms. The van der Waals surface area contributed by atoms with Crippen LogP contribution in [0.5, 0.6) is 5.75 Å². The van der Waals surface area contributed by atoms with Crippen molar-refractivity contribution in [2.45, 2.75) is 20.5 Å². The molecule has 1 aliphatic heterocycles. The number of rotatable bonds is 5. The van der Waals surface area contributed by atoms with Gasteiger partial charge in [-0.3, -0.25) is 4.79 Å². The van der Waals surface area contributed by atoms with Crippen LogP contribution in [0.3, 0.4) is 0 Å². The summed E-state index contributed by atoms with van der Waals surface area (Å²) in [5.41, 5.74) is 5.17. The molecule has 4 rings (SSSR count). The maximum atomic E-state index is 12.6. The van der Waals surface area contributed by atoms with E-state index in [0.717, 1.165) is 41.4 Å². The molecule has 1 saturated heterocycles. The SMILES string of the molecule is Cc1cc(N=C2NC(=O)/C(=C/c3cc(Br)c(OCc4ccccc4C#N)c(Br)c3)S2)cc(C)c1Br. The Hall–Kier alpha value is -2.38. The number of carbonyl (C=O) groups is 1. The highest BCUT2D eigenvalue weighted by Crippen LogP contribution is 2.37. The first-order valence-corrected chi connectivity index (χ1v) is 13.6. The van der Waals surface area contributed by atoms with Gasteiger partial charge >= 0.3 is 0 Å². The average Bonchev–Trinajstić information content (AvgIpc) is 3.15. The van der Waals surface area contributed by atoms with E-state index in [1.165, 1.54) is 11.8 Å². The standard InChI is InChI=1S/C26H18Br3N3O2S/c1-14-7-19(8-15(2)23(14)29)31-26-32-25(33)22(35-26)11-16-9-20(27)24(21(28)10-16)34-13-18-6-4-3-5-17(18)12-30/h3-11H,13H2,1-2H3,(H,31,32,33)/b22-11-. The molecule has 176 valence electrons. The van der Waals surface area contributed by atoms with Crippen molar-refractivity contribution in [3.05, 3.63) is 94.7 Å². The van der Waals surface area contributed by atoms with Gasteiger partial charge in [0.1, 0.15) is 12.4 Å². The van der Waals surface area contributed by atoms with Crippen LogP contribution in [0.2, 0.25) is 0 Å². The second-order valence-electron chi connectivity index (χ2n) is 7.75. The molecule has 3 aromatic rings. The van der Waals surface area contributed by atoms with Crippen molar-refractivity contribution in [2.24, 2.45) is 4.99 Å². The zero-order chi connectivity index (χ0) is 25.1. The molecule has 0 radical (unpaired) electrons. The van der Waals surface area contributed by atoms with Gasteiger partial charge in [0.05, 0.1) is 31.2 Å². The molecule has 0 spiro atoms. The van der Waals surface area contributed by atoms with Gasteiger partial charge in [0.15, 0.2) is 5.17 Å². The number of carbonyl (C=O) groups excluding carboxylic acids is 1. The minimum Gasteiger partial charge on any atom is -0.486 e. The van der Waals surface area contributed by atoms with E-state index in [1.54, 1.807) is 6.07 Å². The Bertz CT molecular complexity index is 1400. The quantitative estimate of drug-likeness (QED) is 0.279. The number of benzene rings is 3. The molecular formula is C26H18Br3N3O2S. The van der Waals surface area contributed by atoms with E-state index in [1.807, 2.05) is 62.4 Å². The fourth-order valence-corrected chi connectivity index (χ4v) is 5.96. The molecule has 0 saturated carbocycles. The van der Waals surface area contributed by atoms with Crippen LogP contribution >= 0.6 is 59.6 Å². The summed E-state index contributed by atoms with van der Waals surface area (Å²) in [7, 11) is 0. The van der Waals surface area contributed by atoms with Crippen molar-refractivity contribution in [3.63, 3.8) is 0 Å². The monoisotopic (exact) mass is 673 g/mol. The molecule has 1 N–H and O–H groups in total. The minimum atomic E-state index is -0.194. The Labute approximate surface area is 233 Å². The van der Waals surface area contributed by atoms with E-state index in [9.17, 15) is 10.1 Å². The second-order valence-corrected chi connectivity index (χ2v) is 11.3. The van der Waals surface area contributed by atoms with Crippen LogP contribution in [0.1, 0.15) is 27.8 Å². The summed E-state index contributed by atoms with van der Waals surface area (Å²) >= 11 is 12.0. The van der Waals surface area contributed by atoms with E-state index in [2.05, 4.69) is 64.2 Å². The topological polar surface area (TPSA) is 74.5 Å². The zero-order valence-electron chi connectivity index (χ0n) is 18.7. The maximum absolute atomic E-state index is 12.6. The summed E-state index contributed by atoms with van der Waals surface area (Å²) in [6.07, 6.45) is 1.81. The van der Waals surface area contributed by atoms with Gasteiger partial charge in [-0.15, -0.1) is 0 Å². The normalized spacial score (nSPS) is 15.4. The average molecular weight is 676 g/mol. The number of ether oxygens (including phenoxy) is 1. The molecule has 0 bridgehead atoms. The van der Waals surface area contributed by atoms with E-state index in [4.69, 9.17) is 4.74 Å². The number of amides is 1. The first-order valence-electron chi connectivity index (χ1n) is 10.4. The molecule has 1 amide bonds. The van der Waals surface area contributed by atoms with Crippen LogP contribution in [0, 0.1) is 25.2 Å². The number of thioether (sulfide) groups is 1. The van der Waals surface area contributed by atoms with Crippen molar-refractivity contribution in [3.8, 4) is 11.8 Å². The van der Waals surface area contributed by atoms with Crippen molar-refractivity contribution in [1.29, 1.82) is 5.26 Å². The number of aryl methyl sites for hydroxylation is 2. The van der Waals surface area contributed by atoms with E-state index >= 15 is 0 Å². The Morgan fingerprint density at radius 1 is 1.09 bits per heavy atom. The molecule has 0 atom stereocenters. The molecule has 0 aliphatic carbocycles. The predicted octanol–water partition coefficient (Wildman–Crippen LogP) is 7.93. The fraction of sp³-hybridized carbons (Fsp3) is 0.115. The van der Waals surface area contributed by atoms with E-state index in [-0.39, 0.29) is 12.5 Å². The summed E-state index contributed by atoms with van der Waals surface area (Å²) in [4.78, 5) is 17.7. The van der Waals surface area contributed by atoms with Gasteiger partial charge in [-0.1, -0.05) is 34.1 Å². The number of nitrogens with zero attached hydrogens (tertiary/aromatic N) is 2. The summed E-state index contributed by atoms with van der Waals surface area (Å²) in [6.45, 7) is 4.28. The first-order chi connectivity index (χ1) is 16.7. The van der Waals surface area contributed by atoms with Crippen LogP contribution in [-0.4, -0.2) is 11.1 Å². The number of halogens is 3. The molecule has 0 aromatic heterocycles. The predicted molar refractivity (Wildman–Crippen MR) is 152 cm³/mol. The third kappa shape index (κ3) is 6.07. The lowest BCUT2D eigenvalue weighted by atomic mass is 10.1. The molecular weight excluding hydrogens is 658 g/mol. The maximum Gasteiger partial charge on any atom is 0.264 e. The van der Waals surface area contributed by atoms with Gasteiger partial charge in [-0.2, -0.15) is 5.26 Å². The Balaban J connectivity index is 1.53. The zero-order valence-corrected chi connectivity index (χ0v) is 24.2. The number of nitriles is 1. The molecule has 0 unspecified atom stereocenters. The number of nitrogens with one attached hydrogen (secondary N) is 1. The summed E-state index contributed by atoms with van der Waals surface area (Å²) < 4.78 is 8.50. The lowest BCUT2D eigenvalue weighted by molar-refractivity contribution is -0.115. The number of amidine groups is 1. The Morgan fingerprint density at radius 2 is 1.74 bits per heavy atom. The highest BCUT2D eigenvalue weighted by molar-refractivity contribution is 9.11. The van der Waals surface area contributed by atoms with Crippen molar-refractivity contribution in [1.82, 2.24) is 5.32 Å². The van der Waals surface area contributed by atoms with E-state index < -0.39 is 0 Å². The summed E-state index contributed by atoms with van der Waals surface area (Å²) in [5.74, 6) is 0.423. The van der Waals surface area contributed by atoms with E-state index in [0.29, 0.717) is 21.4 Å². The smallest absolute Gasteiger partial charge is 0.264 e. The first kappa shape index (κ1) is 25.7. The summed E-state index contributed by atoms with van der Waals surface area (Å²) in [5, 5.41) is 12.7. The van der Waals surface area contributed by atoms with Gasteiger partial charge in [0.25, 0.3) is 5.91 Å². The molecule has 9 heteroatoms. The van der Waals surface area contributed by atoms with Crippen LogP contribution in [0.4, 0.5) is 5.69 Å². The summed E-state index contributed by atoms with van der Waals surface area (Å²) in [6, 6.07) is 17.2. The van der Waals surface area contributed by atoms with Gasteiger partial charge < -0.3 is 10.1 Å². The van der Waals surface area contributed by atoms with Crippen LogP contribution < -0.4 is 10.1 Å². The number of aliphatic imine (C=N–C) groups is 1. The second kappa shape index (κ2) is 11.1. The fourth-order valence-electron chi connectivity index (χ4n) is 3.44. The highest BCUT2D eigenvalue weighted by Gasteiger charge is 2.24.